The summed E-state index contributed by atoms with van der Waals surface area (Å²) < 4.78 is 0. The normalized spacial score (nSPS) is 31.5. The third-order valence-electron chi connectivity index (χ3n) is 6.26. The molecule has 0 spiro atoms. The molecule has 3 aliphatic carbocycles. The van der Waals surface area contributed by atoms with Crippen molar-refractivity contribution >= 4 is 23.2 Å². The van der Waals surface area contributed by atoms with Crippen LogP contribution in [0.5, 0.6) is 0 Å². The molecule has 0 unspecified atom stereocenters. The molecule has 1 amide bonds. The van der Waals surface area contributed by atoms with Crippen molar-refractivity contribution in [3.8, 4) is 0 Å². The van der Waals surface area contributed by atoms with Crippen LogP contribution in [0.4, 0.5) is 0 Å². The number of primary amides is 1. The third kappa shape index (κ3) is 2.41. The minimum absolute atomic E-state index is 0.0357. The largest absolute Gasteiger partial charge is 0.508 e. The maximum Gasteiger partial charge on any atom is 0.255 e. The molecule has 9 heteroatoms. The Labute approximate surface area is 166 Å². The van der Waals surface area contributed by atoms with Gasteiger partial charge in [0.15, 0.2) is 11.4 Å². The minimum atomic E-state index is -2.53. The fourth-order valence-electron chi connectivity index (χ4n) is 4.98. The Morgan fingerprint density at radius 1 is 1.31 bits per heavy atom. The lowest BCUT2D eigenvalue weighted by molar-refractivity contribution is -0.153. The standard InChI is InChI=1S/C20H21N3O6/c1-23(2)14-11-6-9-5-8-3-4-22-7-10(8)15(24)12(9)17(26)20(11,29)18(27)13(16(14)25)19(21)28/h3-4,7,9,11,14,24,27,29H,5-6H2,1-2H3,(H2,21,28)/t9-,11-,14-,20-/m0/s1. The van der Waals surface area contributed by atoms with Gasteiger partial charge in [0.25, 0.3) is 5.91 Å². The fourth-order valence-corrected chi connectivity index (χ4v) is 4.98. The van der Waals surface area contributed by atoms with Crippen LogP contribution in [0.1, 0.15) is 17.5 Å². The van der Waals surface area contributed by atoms with Crippen molar-refractivity contribution in [2.24, 2.45) is 17.6 Å². The molecule has 1 aromatic rings. The van der Waals surface area contributed by atoms with Crippen LogP contribution in [0.3, 0.4) is 0 Å². The Bertz CT molecular complexity index is 1030. The number of pyridine rings is 1. The van der Waals surface area contributed by atoms with Crippen LogP contribution in [0.15, 0.2) is 35.4 Å². The predicted octanol–water partition coefficient (Wildman–Crippen LogP) is -0.347. The van der Waals surface area contributed by atoms with Gasteiger partial charge in [0.2, 0.25) is 5.78 Å². The van der Waals surface area contributed by atoms with Crippen LogP contribution >= 0.6 is 0 Å². The second-order valence-corrected chi connectivity index (χ2v) is 7.99. The first-order chi connectivity index (χ1) is 13.6. The van der Waals surface area contributed by atoms with Crippen molar-refractivity contribution in [1.29, 1.82) is 0 Å². The highest BCUT2D eigenvalue weighted by atomic mass is 16.3. The summed E-state index contributed by atoms with van der Waals surface area (Å²) in [4.78, 5) is 43.6. The first-order valence-corrected chi connectivity index (χ1v) is 9.18. The average molecular weight is 399 g/mol. The zero-order chi connectivity index (χ0) is 21.2. The van der Waals surface area contributed by atoms with Crippen molar-refractivity contribution in [1.82, 2.24) is 9.88 Å². The van der Waals surface area contributed by atoms with Crippen LogP contribution < -0.4 is 5.73 Å². The highest BCUT2D eigenvalue weighted by Crippen LogP contribution is 2.51. The summed E-state index contributed by atoms with van der Waals surface area (Å²) >= 11 is 0. The second kappa shape index (κ2) is 6.23. The molecule has 1 fully saturated rings. The number of amides is 1. The molecule has 9 nitrogen and oxygen atoms in total. The number of rotatable bonds is 2. The zero-order valence-corrected chi connectivity index (χ0v) is 15.9. The molecule has 0 saturated heterocycles. The molecule has 0 aromatic carbocycles. The van der Waals surface area contributed by atoms with Gasteiger partial charge in [0, 0.05) is 29.4 Å². The Kier molecular flexibility index (Phi) is 4.14. The molecule has 0 radical (unpaired) electrons. The summed E-state index contributed by atoms with van der Waals surface area (Å²) in [7, 11) is 3.16. The van der Waals surface area contributed by atoms with Gasteiger partial charge >= 0.3 is 0 Å². The van der Waals surface area contributed by atoms with Gasteiger partial charge in [-0.2, -0.15) is 0 Å². The molecular weight excluding hydrogens is 378 g/mol. The number of hydrogen-bond acceptors (Lipinski definition) is 8. The van der Waals surface area contributed by atoms with Gasteiger partial charge in [0.05, 0.1) is 6.04 Å². The smallest absolute Gasteiger partial charge is 0.255 e. The van der Waals surface area contributed by atoms with E-state index in [1.165, 1.54) is 11.1 Å². The number of likely N-dealkylation sites (N-methyl/N-ethyl adjacent to an activating group) is 1. The number of fused-ring (bicyclic) bond motifs is 3. The highest BCUT2D eigenvalue weighted by Gasteiger charge is 2.64. The van der Waals surface area contributed by atoms with Gasteiger partial charge in [0.1, 0.15) is 17.1 Å². The van der Waals surface area contributed by atoms with Crippen molar-refractivity contribution < 1.29 is 29.7 Å². The molecular formula is C20H21N3O6. The van der Waals surface area contributed by atoms with E-state index in [9.17, 15) is 29.7 Å². The number of carbonyl (C=O) groups is 3. The van der Waals surface area contributed by atoms with E-state index in [1.807, 2.05) is 0 Å². The second-order valence-electron chi connectivity index (χ2n) is 7.99. The molecule has 0 aliphatic heterocycles. The molecule has 1 aromatic heterocycles. The lowest BCUT2D eigenvalue weighted by atomic mass is 9.57. The van der Waals surface area contributed by atoms with Crippen molar-refractivity contribution in [2.45, 2.75) is 24.5 Å². The number of Topliss-reactive ketones (excluding diaryl/α,β-unsaturated/α-hetero) is 2. The number of nitrogens with zero attached hydrogens (tertiary/aromatic N) is 2. The van der Waals surface area contributed by atoms with E-state index < -0.39 is 52.3 Å². The molecule has 0 bridgehead atoms. The van der Waals surface area contributed by atoms with E-state index in [1.54, 1.807) is 26.4 Å². The van der Waals surface area contributed by atoms with Gasteiger partial charge in [-0.15, -0.1) is 0 Å². The van der Waals surface area contributed by atoms with Crippen molar-refractivity contribution in [2.75, 3.05) is 14.1 Å². The van der Waals surface area contributed by atoms with E-state index in [-0.39, 0.29) is 17.8 Å². The van der Waals surface area contributed by atoms with Crippen molar-refractivity contribution in [3.05, 3.63) is 46.5 Å². The van der Waals surface area contributed by atoms with Gasteiger partial charge in [-0.25, -0.2) is 0 Å². The number of hydrogen-bond donors (Lipinski definition) is 4. The summed E-state index contributed by atoms with van der Waals surface area (Å²) in [6.45, 7) is 0. The number of aliphatic hydroxyl groups is 3. The quantitative estimate of drug-likeness (QED) is 0.492. The molecule has 4 atom stereocenters. The van der Waals surface area contributed by atoms with Crippen molar-refractivity contribution in [3.63, 3.8) is 0 Å². The Morgan fingerprint density at radius 2 is 2.00 bits per heavy atom. The highest BCUT2D eigenvalue weighted by molar-refractivity contribution is 6.24. The lowest BCUT2D eigenvalue weighted by Gasteiger charge is -2.50. The first-order valence-electron chi connectivity index (χ1n) is 9.18. The maximum absolute atomic E-state index is 13.4. The van der Waals surface area contributed by atoms with Crippen LogP contribution in [0.2, 0.25) is 0 Å². The number of carbonyl (C=O) groups excluding carboxylic acids is 3. The SMILES string of the molecule is CN(C)[C@@H]1C(=O)C(C(N)=O)=C(O)[C@@]2(O)C(=O)C3=C(O)c4cnccc4C[C@H]3C[C@@H]12. The van der Waals surface area contributed by atoms with Gasteiger partial charge < -0.3 is 21.1 Å². The first kappa shape index (κ1) is 19.3. The van der Waals surface area contributed by atoms with E-state index in [0.29, 0.717) is 12.0 Å². The van der Waals surface area contributed by atoms with E-state index in [0.717, 1.165) is 5.56 Å². The molecule has 29 heavy (non-hydrogen) atoms. The topological polar surface area (TPSA) is 154 Å². The van der Waals surface area contributed by atoms with Crippen LogP contribution in [0.25, 0.3) is 5.76 Å². The van der Waals surface area contributed by atoms with E-state index in [4.69, 9.17) is 5.73 Å². The predicted molar refractivity (Wildman–Crippen MR) is 100 cm³/mol. The fraction of sp³-hybridized carbons (Fsp3) is 0.400. The number of nitrogens with two attached hydrogens (primary N) is 1. The lowest BCUT2D eigenvalue weighted by Crippen LogP contribution is -2.65. The Morgan fingerprint density at radius 3 is 2.62 bits per heavy atom. The molecule has 1 saturated carbocycles. The Hall–Kier alpha value is -3.04. The molecule has 5 N–H and O–H groups in total. The van der Waals surface area contributed by atoms with Gasteiger partial charge in [-0.05, 0) is 44.5 Å². The maximum atomic E-state index is 13.4. The van der Waals surface area contributed by atoms with Gasteiger partial charge in [-0.1, -0.05) is 0 Å². The number of aliphatic hydroxyl groups excluding tert-OH is 2. The molecule has 152 valence electrons. The van der Waals surface area contributed by atoms with E-state index >= 15 is 0 Å². The Balaban J connectivity index is 1.97. The average Bonchev–Trinajstić information content (AvgIpc) is 2.64. The van der Waals surface area contributed by atoms with Gasteiger partial charge in [-0.3, -0.25) is 24.3 Å². The number of ketones is 2. The van der Waals surface area contributed by atoms with E-state index in [2.05, 4.69) is 4.98 Å². The van der Waals surface area contributed by atoms with Crippen LogP contribution in [0, 0.1) is 11.8 Å². The summed E-state index contributed by atoms with van der Waals surface area (Å²) in [5, 5.41) is 32.8. The molecule has 4 rings (SSSR count). The van der Waals surface area contributed by atoms with Crippen LogP contribution in [-0.4, -0.2) is 68.4 Å². The molecule has 3 aliphatic rings. The monoisotopic (exact) mass is 399 g/mol. The number of aromatic nitrogens is 1. The minimum Gasteiger partial charge on any atom is -0.508 e. The summed E-state index contributed by atoms with van der Waals surface area (Å²) in [6.07, 6.45) is 3.57. The van der Waals surface area contributed by atoms with Crippen LogP contribution in [-0.2, 0) is 20.8 Å². The summed E-state index contributed by atoms with van der Waals surface area (Å²) in [5.74, 6) is -5.71. The summed E-state index contributed by atoms with van der Waals surface area (Å²) in [5.41, 5.74) is 3.09. The third-order valence-corrected chi connectivity index (χ3v) is 6.26. The molecule has 1 heterocycles. The zero-order valence-electron chi connectivity index (χ0n) is 15.9. The summed E-state index contributed by atoms with van der Waals surface area (Å²) in [6, 6.07) is 0.705.